The summed E-state index contributed by atoms with van der Waals surface area (Å²) in [6, 6.07) is 20.7. The van der Waals surface area contributed by atoms with E-state index in [9.17, 15) is 19.2 Å². The Morgan fingerprint density at radius 3 is 2.37 bits per heavy atom. The number of carbonyl (C=O) groups excluding carboxylic acids is 4. The van der Waals surface area contributed by atoms with Crippen molar-refractivity contribution >= 4 is 40.8 Å². The first-order valence-electron chi connectivity index (χ1n) is 14.8. The Hall–Kier alpha value is -4.01. The third-order valence-electron chi connectivity index (χ3n) is 8.04. The average Bonchev–Trinajstić information content (AvgIpc) is 3.85. The summed E-state index contributed by atoms with van der Waals surface area (Å²) in [5.74, 6) is -1.12. The molecule has 0 unspecified atom stereocenters. The minimum Gasteiger partial charge on any atom is -0.342 e. The van der Waals surface area contributed by atoms with Crippen molar-refractivity contribution in [1.82, 2.24) is 15.5 Å². The third-order valence-corrected chi connectivity index (χ3v) is 8.46. The number of rotatable bonds is 12. The van der Waals surface area contributed by atoms with E-state index in [-0.39, 0.29) is 37.0 Å². The van der Waals surface area contributed by atoms with E-state index in [2.05, 4.69) is 16.0 Å². The minimum atomic E-state index is -0.816. The number of Topliss-reactive ketones (excluding diaryl/α,β-unsaturated/α-hetero) is 1. The van der Waals surface area contributed by atoms with Gasteiger partial charge in [-0.2, -0.15) is 0 Å². The molecular formula is C34H37ClN4O4. The van der Waals surface area contributed by atoms with Crippen LogP contribution in [0.15, 0.2) is 72.8 Å². The quantitative estimate of drug-likeness (QED) is 0.258. The van der Waals surface area contributed by atoms with Gasteiger partial charge >= 0.3 is 0 Å². The molecule has 43 heavy (non-hydrogen) atoms. The molecule has 0 bridgehead atoms. The zero-order valence-corrected chi connectivity index (χ0v) is 25.0. The molecule has 8 nitrogen and oxygen atoms in total. The van der Waals surface area contributed by atoms with E-state index in [4.69, 9.17) is 11.6 Å². The van der Waals surface area contributed by atoms with Crippen LogP contribution in [0.3, 0.4) is 0 Å². The molecule has 5 rings (SSSR count). The smallest absolute Gasteiger partial charge is 0.246 e. The molecule has 3 aromatic rings. The highest BCUT2D eigenvalue weighted by Gasteiger charge is 2.36. The fourth-order valence-corrected chi connectivity index (χ4v) is 5.48. The first-order valence-corrected chi connectivity index (χ1v) is 15.2. The molecule has 224 valence electrons. The molecule has 9 heteroatoms. The van der Waals surface area contributed by atoms with Crippen LogP contribution in [0.1, 0.15) is 59.2 Å². The van der Waals surface area contributed by atoms with E-state index < -0.39 is 18.0 Å². The summed E-state index contributed by atoms with van der Waals surface area (Å²) in [5, 5.41) is 9.88. The standard InChI is InChI=1S/C34H37ClN4O4/c1-22-19-27(13-14-28(22)35)37-33(42)29(17-18-36-26-11-12-26)38-34(43)30-20-24-9-5-6-10-25(24)21-39(30)32(41)16-15-31(40)23-7-3-2-4-8-23/h2-10,13-14,19,26,29-30,36H,11-12,15-18,20-21H2,1H3,(H,37,42)(H,38,43)/t29-,30-/m0/s1. The summed E-state index contributed by atoms with van der Waals surface area (Å²) >= 11 is 6.16. The number of nitrogens with one attached hydrogen (secondary N) is 3. The first kappa shape index (κ1) is 30.4. The number of hydrogen-bond acceptors (Lipinski definition) is 5. The normalized spacial score (nSPS) is 16.6. The third kappa shape index (κ3) is 8.09. The molecule has 3 amide bonds. The van der Waals surface area contributed by atoms with E-state index in [0.29, 0.717) is 41.7 Å². The number of hydrogen-bond donors (Lipinski definition) is 3. The number of fused-ring (bicyclic) bond motifs is 1. The molecule has 0 aromatic heterocycles. The molecule has 1 aliphatic heterocycles. The van der Waals surface area contributed by atoms with Gasteiger partial charge < -0.3 is 20.9 Å². The van der Waals surface area contributed by atoms with Gasteiger partial charge in [0.15, 0.2) is 5.78 Å². The molecule has 2 atom stereocenters. The van der Waals surface area contributed by atoms with Crippen molar-refractivity contribution in [2.45, 2.75) is 70.1 Å². The highest BCUT2D eigenvalue weighted by molar-refractivity contribution is 6.31. The van der Waals surface area contributed by atoms with Gasteiger partial charge in [0.25, 0.3) is 0 Å². The van der Waals surface area contributed by atoms with E-state index in [0.717, 1.165) is 29.5 Å². The monoisotopic (exact) mass is 600 g/mol. The number of aryl methyl sites for hydroxylation is 1. The van der Waals surface area contributed by atoms with Crippen LogP contribution in [0.25, 0.3) is 0 Å². The minimum absolute atomic E-state index is 0.00911. The van der Waals surface area contributed by atoms with Gasteiger partial charge in [-0.05, 0) is 67.6 Å². The van der Waals surface area contributed by atoms with Crippen molar-refractivity contribution in [2.75, 3.05) is 11.9 Å². The molecule has 3 N–H and O–H groups in total. The Kier molecular flexibility index (Phi) is 9.89. The number of benzene rings is 3. The van der Waals surface area contributed by atoms with Gasteiger partial charge in [-0.1, -0.05) is 66.2 Å². The van der Waals surface area contributed by atoms with Gasteiger partial charge in [0.05, 0.1) is 0 Å². The highest BCUT2D eigenvalue weighted by Crippen LogP contribution is 2.26. The van der Waals surface area contributed by atoms with Gasteiger partial charge in [0.1, 0.15) is 12.1 Å². The van der Waals surface area contributed by atoms with Crippen LogP contribution in [-0.2, 0) is 27.3 Å². The summed E-state index contributed by atoms with van der Waals surface area (Å²) in [6.07, 6.45) is 2.98. The van der Waals surface area contributed by atoms with Crippen molar-refractivity contribution in [3.05, 3.63) is 100 Å². The molecule has 1 heterocycles. The van der Waals surface area contributed by atoms with Crippen LogP contribution >= 0.6 is 11.6 Å². The largest absolute Gasteiger partial charge is 0.342 e. The first-order chi connectivity index (χ1) is 20.8. The lowest BCUT2D eigenvalue weighted by atomic mass is 9.92. The summed E-state index contributed by atoms with van der Waals surface area (Å²) < 4.78 is 0. The lowest BCUT2D eigenvalue weighted by Crippen LogP contribution is -2.56. The number of halogens is 1. The fourth-order valence-electron chi connectivity index (χ4n) is 5.36. The number of carbonyl (C=O) groups is 4. The van der Waals surface area contributed by atoms with Crippen molar-refractivity contribution in [3.63, 3.8) is 0 Å². The topological polar surface area (TPSA) is 108 Å². The highest BCUT2D eigenvalue weighted by atomic mass is 35.5. The predicted molar refractivity (Wildman–Crippen MR) is 167 cm³/mol. The number of amides is 3. The van der Waals surface area contributed by atoms with E-state index >= 15 is 0 Å². The number of ketones is 1. The maximum absolute atomic E-state index is 13.9. The van der Waals surface area contributed by atoms with Crippen molar-refractivity contribution in [2.24, 2.45) is 0 Å². The van der Waals surface area contributed by atoms with Crippen molar-refractivity contribution < 1.29 is 19.2 Å². The van der Waals surface area contributed by atoms with Crippen LogP contribution in [0.2, 0.25) is 5.02 Å². The van der Waals surface area contributed by atoms with Gasteiger partial charge in [0.2, 0.25) is 17.7 Å². The molecule has 0 saturated heterocycles. The Morgan fingerprint density at radius 2 is 1.65 bits per heavy atom. The molecule has 0 spiro atoms. The number of anilines is 1. The predicted octanol–water partition coefficient (Wildman–Crippen LogP) is 4.83. The lowest BCUT2D eigenvalue weighted by molar-refractivity contribution is -0.142. The van der Waals surface area contributed by atoms with Crippen LogP contribution in [0.5, 0.6) is 0 Å². The van der Waals surface area contributed by atoms with Gasteiger partial charge in [-0.15, -0.1) is 0 Å². The summed E-state index contributed by atoms with van der Waals surface area (Å²) in [6.45, 7) is 2.69. The second-order valence-electron chi connectivity index (χ2n) is 11.3. The zero-order chi connectivity index (χ0) is 30.3. The van der Waals surface area contributed by atoms with E-state index in [1.54, 1.807) is 47.4 Å². The average molecular weight is 601 g/mol. The van der Waals surface area contributed by atoms with Crippen LogP contribution in [0, 0.1) is 6.92 Å². The van der Waals surface area contributed by atoms with Crippen LogP contribution < -0.4 is 16.0 Å². The molecule has 2 aliphatic rings. The summed E-state index contributed by atoms with van der Waals surface area (Å²) in [7, 11) is 0. The Morgan fingerprint density at radius 1 is 0.930 bits per heavy atom. The molecule has 1 aliphatic carbocycles. The Balaban J connectivity index is 1.30. The van der Waals surface area contributed by atoms with E-state index in [1.807, 2.05) is 37.3 Å². The number of nitrogens with zero attached hydrogens (tertiary/aromatic N) is 1. The van der Waals surface area contributed by atoms with Gasteiger partial charge in [0, 0.05) is 48.1 Å². The molecule has 3 aromatic carbocycles. The Bertz CT molecular complexity index is 1490. The van der Waals surface area contributed by atoms with Crippen LogP contribution in [0.4, 0.5) is 5.69 Å². The van der Waals surface area contributed by atoms with Crippen molar-refractivity contribution in [1.29, 1.82) is 0 Å². The summed E-state index contributed by atoms with van der Waals surface area (Å²) in [5.41, 5.74) is 3.93. The Labute approximate surface area is 257 Å². The fraction of sp³-hybridized carbons (Fsp3) is 0.353. The van der Waals surface area contributed by atoms with Gasteiger partial charge in [-0.25, -0.2) is 0 Å². The lowest BCUT2D eigenvalue weighted by Gasteiger charge is -2.37. The molecule has 0 radical (unpaired) electrons. The maximum atomic E-state index is 13.9. The zero-order valence-electron chi connectivity index (χ0n) is 24.3. The maximum Gasteiger partial charge on any atom is 0.246 e. The second kappa shape index (κ2) is 14.0. The van der Waals surface area contributed by atoms with Crippen LogP contribution in [-0.4, -0.2) is 53.1 Å². The molecular weight excluding hydrogens is 564 g/mol. The SMILES string of the molecule is Cc1cc(NC(=O)[C@H](CCNC2CC2)NC(=O)[C@@H]2Cc3ccccc3CN2C(=O)CCC(=O)c2ccccc2)ccc1Cl. The molecule has 1 saturated carbocycles. The van der Waals surface area contributed by atoms with Gasteiger partial charge in [-0.3, -0.25) is 19.2 Å². The molecule has 1 fully saturated rings. The van der Waals surface area contributed by atoms with Crippen molar-refractivity contribution in [3.8, 4) is 0 Å². The summed E-state index contributed by atoms with van der Waals surface area (Å²) in [4.78, 5) is 55.1. The second-order valence-corrected chi connectivity index (χ2v) is 11.7. The van der Waals surface area contributed by atoms with E-state index in [1.165, 1.54) is 0 Å².